The molecule has 0 saturated heterocycles. The molecule has 1 aromatic rings. The summed E-state index contributed by atoms with van der Waals surface area (Å²) in [5.74, 6) is -0.112. The number of nitrogens with one attached hydrogen (secondary N) is 1. The summed E-state index contributed by atoms with van der Waals surface area (Å²) in [6.07, 6.45) is 2.05. The predicted molar refractivity (Wildman–Crippen MR) is 64.4 cm³/mol. The number of carbonyl (C=O) groups is 1. The third kappa shape index (κ3) is 3.45. The fourth-order valence-corrected chi connectivity index (χ4v) is 1.57. The number of H-pyrrole nitrogens is 1. The fraction of sp³-hybridized carbons (Fsp3) is 0.500. The van der Waals surface area contributed by atoms with Crippen LogP contribution in [0.4, 0.5) is 5.82 Å². The van der Waals surface area contributed by atoms with E-state index < -0.39 is 11.5 Å². The Morgan fingerprint density at radius 1 is 1.65 bits per heavy atom. The fourth-order valence-electron chi connectivity index (χ4n) is 1.34. The molecule has 0 saturated carbocycles. The molecule has 7 heteroatoms. The number of rotatable bonds is 5. The maximum atomic E-state index is 11.3. The van der Waals surface area contributed by atoms with Crippen LogP contribution in [0.25, 0.3) is 0 Å². The molecule has 17 heavy (non-hydrogen) atoms. The Kier molecular flexibility index (Phi) is 4.96. The standard InChI is InChI=1S/C10H14ClN3O3/c1-3-4-14(5-7(15)17-2)9-8(11)10(16)13-6-12-9/h6H,3-5H2,1-2H3,(H,12,13,16). The number of halogens is 1. The summed E-state index contributed by atoms with van der Waals surface area (Å²) in [5, 5.41) is -0.0233. The van der Waals surface area contributed by atoms with Gasteiger partial charge in [-0.05, 0) is 6.42 Å². The van der Waals surface area contributed by atoms with E-state index in [0.29, 0.717) is 12.4 Å². The molecule has 0 spiro atoms. The van der Waals surface area contributed by atoms with E-state index in [1.807, 2.05) is 6.92 Å². The Hall–Kier alpha value is -1.56. The molecule has 0 aliphatic rings. The lowest BCUT2D eigenvalue weighted by Gasteiger charge is -2.21. The minimum Gasteiger partial charge on any atom is -0.468 e. The van der Waals surface area contributed by atoms with Crippen LogP contribution in [0.3, 0.4) is 0 Å². The molecule has 1 N–H and O–H groups in total. The van der Waals surface area contributed by atoms with E-state index in [-0.39, 0.29) is 11.6 Å². The summed E-state index contributed by atoms with van der Waals surface area (Å²) < 4.78 is 4.58. The lowest BCUT2D eigenvalue weighted by atomic mass is 10.4. The molecule has 0 amide bonds. The highest BCUT2D eigenvalue weighted by Gasteiger charge is 2.16. The highest BCUT2D eigenvalue weighted by atomic mass is 35.5. The van der Waals surface area contributed by atoms with Gasteiger partial charge in [0.05, 0.1) is 13.4 Å². The molecule has 0 unspecified atom stereocenters. The summed E-state index contributed by atoms with van der Waals surface area (Å²) >= 11 is 5.85. The minimum atomic E-state index is -0.428. The van der Waals surface area contributed by atoms with Crippen molar-refractivity contribution in [2.24, 2.45) is 0 Å². The van der Waals surface area contributed by atoms with E-state index in [4.69, 9.17) is 11.6 Å². The molecule has 0 bridgehead atoms. The number of carbonyl (C=O) groups excluding carboxylic acids is 1. The quantitative estimate of drug-likeness (QED) is 0.792. The highest BCUT2D eigenvalue weighted by Crippen LogP contribution is 2.18. The maximum Gasteiger partial charge on any atom is 0.325 e. The molecule has 0 aliphatic carbocycles. The van der Waals surface area contributed by atoms with Crippen LogP contribution in [-0.2, 0) is 9.53 Å². The molecule has 0 aromatic carbocycles. The number of methoxy groups -OCH3 is 1. The molecule has 1 heterocycles. The first-order valence-electron chi connectivity index (χ1n) is 5.15. The van der Waals surface area contributed by atoms with E-state index in [2.05, 4.69) is 14.7 Å². The molecule has 94 valence electrons. The monoisotopic (exact) mass is 259 g/mol. The van der Waals surface area contributed by atoms with Crippen molar-refractivity contribution in [3.05, 3.63) is 21.7 Å². The zero-order chi connectivity index (χ0) is 12.8. The van der Waals surface area contributed by atoms with E-state index in [1.165, 1.54) is 13.4 Å². The van der Waals surface area contributed by atoms with Crippen molar-refractivity contribution in [1.29, 1.82) is 0 Å². The van der Waals surface area contributed by atoms with Crippen LogP contribution in [0.15, 0.2) is 11.1 Å². The number of aromatic nitrogens is 2. The second-order valence-electron chi connectivity index (χ2n) is 3.37. The zero-order valence-electron chi connectivity index (χ0n) is 9.70. The smallest absolute Gasteiger partial charge is 0.325 e. The summed E-state index contributed by atoms with van der Waals surface area (Å²) in [4.78, 5) is 30.5. The average Bonchev–Trinajstić information content (AvgIpc) is 2.32. The second kappa shape index (κ2) is 6.24. The largest absolute Gasteiger partial charge is 0.468 e. The van der Waals surface area contributed by atoms with Crippen molar-refractivity contribution in [2.45, 2.75) is 13.3 Å². The third-order valence-corrected chi connectivity index (χ3v) is 2.46. The van der Waals surface area contributed by atoms with E-state index in [0.717, 1.165) is 6.42 Å². The average molecular weight is 260 g/mol. The molecular weight excluding hydrogens is 246 g/mol. The van der Waals surface area contributed by atoms with Crippen molar-refractivity contribution in [1.82, 2.24) is 9.97 Å². The van der Waals surface area contributed by atoms with Crippen LogP contribution in [0.2, 0.25) is 5.02 Å². The molecule has 1 aromatic heterocycles. The first-order chi connectivity index (χ1) is 8.10. The van der Waals surface area contributed by atoms with Gasteiger partial charge in [-0.2, -0.15) is 0 Å². The number of aromatic amines is 1. The van der Waals surface area contributed by atoms with Gasteiger partial charge in [-0.15, -0.1) is 0 Å². The van der Waals surface area contributed by atoms with Crippen LogP contribution < -0.4 is 10.5 Å². The number of hydrogen-bond donors (Lipinski definition) is 1. The Morgan fingerprint density at radius 3 is 2.94 bits per heavy atom. The summed E-state index contributed by atoms with van der Waals surface area (Å²) in [7, 11) is 1.30. The number of esters is 1. The SMILES string of the molecule is CCCN(CC(=O)OC)c1nc[nH]c(=O)c1Cl. The molecule has 0 radical (unpaired) electrons. The van der Waals surface area contributed by atoms with Gasteiger partial charge in [-0.25, -0.2) is 4.98 Å². The van der Waals surface area contributed by atoms with Gasteiger partial charge in [0.15, 0.2) is 5.82 Å². The topological polar surface area (TPSA) is 75.3 Å². The number of nitrogens with zero attached hydrogens (tertiary/aromatic N) is 2. The van der Waals surface area contributed by atoms with Crippen LogP contribution in [0.1, 0.15) is 13.3 Å². The predicted octanol–water partition coefficient (Wildman–Crippen LogP) is 0.813. The van der Waals surface area contributed by atoms with Crippen molar-refractivity contribution in [2.75, 3.05) is 25.1 Å². The summed E-state index contributed by atoms with van der Waals surface area (Å²) in [6.45, 7) is 2.52. The molecule has 6 nitrogen and oxygen atoms in total. The Bertz CT molecular complexity index is 447. The van der Waals surface area contributed by atoms with Crippen LogP contribution in [-0.4, -0.2) is 36.1 Å². The molecule has 1 rings (SSSR count). The lowest BCUT2D eigenvalue weighted by molar-refractivity contribution is -0.138. The first-order valence-corrected chi connectivity index (χ1v) is 5.52. The number of ether oxygens (including phenoxy) is 1. The number of anilines is 1. The first kappa shape index (κ1) is 13.5. The summed E-state index contributed by atoms with van der Waals surface area (Å²) in [5.41, 5.74) is -0.428. The van der Waals surface area contributed by atoms with Crippen molar-refractivity contribution < 1.29 is 9.53 Å². The van der Waals surface area contributed by atoms with E-state index in [9.17, 15) is 9.59 Å². The van der Waals surface area contributed by atoms with Gasteiger partial charge in [0.25, 0.3) is 5.56 Å². The Balaban J connectivity index is 3.00. The third-order valence-electron chi connectivity index (χ3n) is 2.12. The van der Waals surface area contributed by atoms with E-state index >= 15 is 0 Å². The van der Waals surface area contributed by atoms with E-state index in [1.54, 1.807) is 4.90 Å². The van der Waals surface area contributed by atoms with Crippen molar-refractivity contribution in [3.63, 3.8) is 0 Å². The van der Waals surface area contributed by atoms with Gasteiger partial charge in [-0.3, -0.25) is 9.59 Å². The Morgan fingerprint density at radius 2 is 2.35 bits per heavy atom. The minimum absolute atomic E-state index is 0.0144. The van der Waals surface area contributed by atoms with Gasteiger partial charge < -0.3 is 14.6 Å². The van der Waals surface area contributed by atoms with Crippen LogP contribution >= 0.6 is 11.6 Å². The lowest BCUT2D eigenvalue weighted by Crippen LogP contribution is -2.33. The maximum absolute atomic E-state index is 11.3. The molecular formula is C10H14ClN3O3. The number of hydrogen-bond acceptors (Lipinski definition) is 5. The van der Waals surface area contributed by atoms with Crippen LogP contribution in [0, 0.1) is 0 Å². The molecule has 0 atom stereocenters. The Labute approximate surface area is 104 Å². The van der Waals surface area contributed by atoms with Gasteiger partial charge in [-0.1, -0.05) is 18.5 Å². The van der Waals surface area contributed by atoms with Crippen LogP contribution in [0.5, 0.6) is 0 Å². The summed E-state index contributed by atoms with van der Waals surface area (Å²) in [6, 6.07) is 0. The van der Waals surface area contributed by atoms with Gasteiger partial charge >= 0.3 is 5.97 Å². The van der Waals surface area contributed by atoms with Crippen molar-refractivity contribution >= 4 is 23.4 Å². The van der Waals surface area contributed by atoms with Gasteiger partial charge in [0, 0.05) is 6.54 Å². The molecule has 0 fully saturated rings. The second-order valence-corrected chi connectivity index (χ2v) is 3.74. The molecule has 0 aliphatic heterocycles. The zero-order valence-corrected chi connectivity index (χ0v) is 10.5. The highest BCUT2D eigenvalue weighted by molar-refractivity contribution is 6.32. The van der Waals surface area contributed by atoms with Gasteiger partial charge in [0.2, 0.25) is 0 Å². The normalized spacial score (nSPS) is 10.1. The van der Waals surface area contributed by atoms with Crippen molar-refractivity contribution in [3.8, 4) is 0 Å². The van der Waals surface area contributed by atoms with Gasteiger partial charge in [0.1, 0.15) is 11.6 Å².